The summed E-state index contributed by atoms with van der Waals surface area (Å²) in [5.74, 6) is 0.735. The number of carbonyl (C=O) groups is 2. The third kappa shape index (κ3) is 6.10. The van der Waals surface area contributed by atoms with E-state index in [-0.39, 0.29) is 30.6 Å². The van der Waals surface area contributed by atoms with E-state index in [1.807, 2.05) is 43.0 Å². The molecule has 1 N–H and O–H groups in total. The van der Waals surface area contributed by atoms with E-state index in [1.54, 1.807) is 16.2 Å². The molecule has 1 aromatic carbocycles. The summed E-state index contributed by atoms with van der Waals surface area (Å²) >= 11 is 1.73. The summed E-state index contributed by atoms with van der Waals surface area (Å²) in [4.78, 5) is 31.2. The summed E-state index contributed by atoms with van der Waals surface area (Å²) in [6.45, 7) is 6.84. The third-order valence-corrected chi connectivity index (χ3v) is 7.43. The van der Waals surface area contributed by atoms with Crippen LogP contribution < -0.4 is 10.1 Å². The van der Waals surface area contributed by atoms with Crippen LogP contribution in [-0.4, -0.2) is 67.2 Å². The molecular weight excluding hydrogens is 450 g/mol. The van der Waals surface area contributed by atoms with Crippen molar-refractivity contribution >= 4 is 23.3 Å². The maximum absolute atomic E-state index is 13.6. The molecule has 1 fully saturated rings. The summed E-state index contributed by atoms with van der Waals surface area (Å²) in [5, 5.41) is 5.01. The van der Waals surface area contributed by atoms with Gasteiger partial charge in [0.15, 0.2) is 0 Å². The van der Waals surface area contributed by atoms with E-state index in [4.69, 9.17) is 9.47 Å². The van der Waals surface area contributed by atoms with Crippen LogP contribution in [0.25, 0.3) is 0 Å². The fourth-order valence-corrected chi connectivity index (χ4v) is 5.46. The number of carbonyl (C=O) groups excluding carboxylic acids is 2. The Morgan fingerprint density at radius 3 is 2.82 bits per heavy atom. The van der Waals surface area contributed by atoms with Gasteiger partial charge in [-0.1, -0.05) is 24.6 Å². The van der Waals surface area contributed by atoms with E-state index in [0.29, 0.717) is 32.8 Å². The number of benzene rings is 1. The SMILES string of the molecule is CCCNC(=O)N(CC(=O)N1CCc2sccc2[C@H]1COc1ccc(C)cc1)C[C@@H]1CCCO1. The zero-order valence-electron chi connectivity index (χ0n) is 20.1. The van der Waals surface area contributed by atoms with Crippen LogP contribution in [-0.2, 0) is 16.0 Å². The quantitative estimate of drug-likeness (QED) is 0.579. The van der Waals surface area contributed by atoms with Crippen molar-refractivity contribution in [3.05, 3.63) is 51.7 Å². The van der Waals surface area contributed by atoms with Crippen LogP contribution in [0.5, 0.6) is 5.75 Å². The molecule has 3 amide bonds. The number of ether oxygens (including phenoxy) is 2. The molecule has 8 heteroatoms. The van der Waals surface area contributed by atoms with E-state index in [9.17, 15) is 9.59 Å². The molecule has 1 aromatic heterocycles. The lowest BCUT2D eigenvalue weighted by Gasteiger charge is -2.37. The van der Waals surface area contributed by atoms with E-state index in [0.717, 1.165) is 37.0 Å². The van der Waals surface area contributed by atoms with Crippen LogP contribution in [0.3, 0.4) is 0 Å². The lowest BCUT2D eigenvalue weighted by Crippen LogP contribution is -2.51. The van der Waals surface area contributed by atoms with Crippen molar-refractivity contribution in [3.63, 3.8) is 0 Å². The third-order valence-electron chi connectivity index (χ3n) is 6.43. The maximum Gasteiger partial charge on any atom is 0.317 e. The highest BCUT2D eigenvalue weighted by atomic mass is 32.1. The van der Waals surface area contributed by atoms with Gasteiger partial charge < -0.3 is 24.6 Å². The van der Waals surface area contributed by atoms with Crippen LogP contribution in [0, 0.1) is 6.92 Å². The molecule has 2 aliphatic rings. The Labute approximate surface area is 206 Å². The van der Waals surface area contributed by atoms with Crippen molar-refractivity contribution in [1.82, 2.24) is 15.1 Å². The highest BCUT2D eigenvalue weighted by molar-refractivity contribution is 7.10. The number of nitrogens with zero attached hydrogens (tertiary/aromatic N) is 2. The molecule has 2 aliphatic heterocycles. The summed E-state index contributed by atoms with van der Waals surface area (Å²) < 4.78 is 11.9. The monoisotopic (exact) mass is 485 g/mol. The first kappa shape index (κ1) is 24.5. The summed E-state index contributed by atoms with van der Waals surface area (Å²) in [7, 11) is 0. The van der Waals surface area contributed by atoms with E-state index >= 15 is 0 Å². The van der Waals surface area contributed by atoms with Gasteiger partial charge >= 0.3 is 6.03 Å². The number of fused-ring (bicyclic) bond motifs is 1. The predicted molar refractivity (Wildman–Crippen MR) is 133 cm³/mol. The van der Waals surface area contributed by atoms with E-state index in [1.165, 1.54) is 10.4 Å². The zero-order valence-corrected chi connectivity index (χ0v) is 20.9. The van der Waals surface area contributed by atoms with Crippen LogP contribution in [0.2, 0.25) is 0 Å². The topological polar surface area (TPSA) is 71.1 Å². The molecule has 0 radical (unpaired) electrons. The number of urea groups is 1. The lowest BCUT2D eigenvalue weighted by atomic mass is 10.0. The second-order valence-corrected chi connectivity index (χ2v) is 10.0. The van der Waals surface area contributed by atoms with E-state index in [2.05, 4.69) is 16.8 Å². The first-order valence-electron chi connectivity index (χ1n) is 12.2. The minimum absolute atomic E-state index is 0.00863. The summed E-state index contributed by atoms with van der Waals surface area (Å²) in [6.07, 6.45) is 3.58. The predicted octanol–water partition coefficient (Wildman–Crippen LogP) is 4.16. The van der Waals surface area contributed by atoms with Gasteiger partial charge in [0.05, 0.1) is 12.1 Å². The molecule has 1 saturated heterocycles. The zero-order chi connectivity index (χ0) is 23.9. The van der Waals surface area contributed by atoms with Crippen molar-refractivity contribution in [1.29, 1.82) is 0 Å². The second kappa shape index (κ2) is 11.7. The molecule has 3 heterocycles. The Hall–Kier alpha value is -2.58. The van der Waals surface area contributed by atoms with Crippen LogP contribution in [0.1, 0.15) is 48.2 Å². The first-order chi connectivity index (χ1) is 16.5. The number of rotatable bonds is 9. The Bertz CT molecular complexity index is 955. The number of thiophene rings is 1. The Morgan fingerprint density at radius 1 is 1.26 bits per heavy atom. The highest BCUT2D eigenvalue weighted by Gasteiger charge is 2.34. The van der Waals surface area contributed by atoms with Gasteiger partial charge in [0.2, 0.25) is 5.91 Å². The molecule has 4 rings (SSSR count). The van der Waals surface area contributed by atoms with Crippen LogP contribution in [0.15, 0.2) is 35.7 Å². The van der Waals surface area contributed by atoms with Gasteiger partial charge in [-0.2, -0.15) is 0 Å². The minimum Gasteiger partial charge on any atom is -0.491 e. The summed E-state index contributed by atoms with van der Waals surface area (Å²) in [6, 6.07) is 9.68. The number of hydrogen-bond donors (Lipinski definition) is 1. The molecule has 2 aromatic rings. The smallest absolute Gasteiger partial charge is 0.317 e. The molecule has 0 spiro atoms. The Balaban J connectivity index is 1.47. The van der Waals surface area contributed by atoms with Gasteiger partial charge in [-0.05, 0) is 61.7 Å². The van der Waals surface area contributed by atoms with Crippen molar-refractivity contribution in [2.75, 3.05) is 39.4 Å². The largest absolute Gasteiger partial charge is 0.491 e. The molecule has 0 aliphatic carbocycles. The molecular formula is C26H35N3O4S. The van der Waals surface area contributed by atoms with Crippen molar-refractivity contribution in [2.24, 2.45) is 0 Å². The average molecular weight is 486 g/mol. The number of nitrogens with one attached hydrogen (secondary N) is 1. The fraction of sp³-hybridized carbons (Fsp3) is 0.538. The molecule has 0 unspecified atom stereocenters. The highest BCUT2D eigenvalue weighted by Crippen LogP contribution is 2.34. The van der Waals surface area contributed by atoms with Crippen molar-refractivity contribution in [3.8, 4) is 5.75 Å². The normalized spacial score (nSPS) is 19.5. The molecule has 7 nitrogen and oxygen atoms in total. The molecule has 0 saturated carbocycles. The number of hydrogen-bond acceptors (Lipinski definition) is 5. The number of amides is 3. The maximum atomic E-state index is 13.6. The molecule has 2 atom stereocenters. The Kier molecular flexibility index (Phi) is 8.45. The van der Waals surface area contributed by atoms with Gasteiger partial charge in [-0.25, -0.2) is 4.79 Å². The van der Waals surface area contributed by atoms with Crippen molar-refractivity contribution < 1.29 is 19.1 Å². The lowest BCUT2D eigenvalue weighted by molar-refractivity contribution is -0.135. The second-order valence-electron chi connectivity index (χ2n) is 9.02. The average Bonchev–Trinajstić information content (AvgIpc) is 3.53. The van der Waals surface area contributed by atoms with Gasteiger partial charge in [0, 0.05) is 31.1 Å². The fourth-order valence-electron chi connectivity index (χ4n) is 4.54. The van der Waals surface area contributed by atoms with Crippen LogP contribution >= 0.6 is 11.3 Å². The van der Waals surface area contributed by atoms with Crippen molar-refractivity contribution in [2.45, 2.75) is 51.7 Å². The van der Waals surface area contributed by atoms with Gasteiger partial charge in [0.1, 0.15) is 18.9 Å². The van der Waals surface area contributed by atoms with Crippen LogP contribution in [0.4, 0.5) is 4.79 Å². The summed E-state index contributed by atoms with van der Waals surface area (Å²) in [5.41, 5.74) is 2.33. The molecule has 34 heavy (non-hydrogen) atoms. The molecule has 184 valence electrons. The van der Waals surface area contributed by atoms with Gasteiger partial charge in [-0.3, -0.25) is 4.79 Å². The van der Waals surface area contributed by atoms with Gasteiger partial charge in [0.25, 0.3) is 0 Å². The number of aryl methyl sites for hydroxylation is 1. The first-order valence-corrected chi connectivity index (χ1v) is 13.1. The van der Waals surface area contributed by atoms with Gasteiger partial charge in [-0.15, -0.1) is 11.3 Å². The minimum atomic E-state index is -0.202. The Morgan fingerprint density at radius 2 is 2.09 bits per heavy atom. The van der Waals surface area contributed by atoms with E-state index < -0.39 is 0 Å². The standard InChI is InChI=1S/C26H35N3O4S/c1-3-12-27-26(31)28(16-21-5-4-14-32-21)17-25(30)29-13-10-24-22(11-15-34-24)23(29)18-33-20-8-6-19(2)7-9-20/h6-9,11,15,21,23H,3-5,10,12-14,16-18H2,1-2H3,(H,27,31)/t21-,23+/m0/s1. The molecule has 0 bridgehead atoms.